The average molecular weight is 327 g/mol. The second-order valence-electron chi connectivity index (χ2n) is 5.83. The lowest BCUT2D eigenvalue weighted by Gasteiger charge is -2.33. The number of rotatable bonds is 2. The molecule has 2 aromatic rings. The van der Waals surface area contributed by atoms with Crippen LogP contribution in [0.2, 0.25) is 0 Å². The van der Waals surface area contributed by atoms with Gasteiger partial charge in [-0.3, -0.25) is 14.8 Å². The van der Waals surface area contributed by atoms with E-state index in [1.807, 2.05) is 43.4 Å². The van der Waals surface area contributed by atoms with Crippen LogP contribution in [-0.2, 0) is 11.8 Å². The van der Waals surface area contributed by atoms with Crippen LogP contribution >= 0.6 is 0 Å². The number of amides is 3. The summed E-state index contributed by atoms with van der Waals surface area (Å²) in [7, 11) is 1.85. The minimum atomic E-state index is -0.184. The molecule has 0 radical (unpaired) electrons. The topological polar surface area (TPSA) is 70.5 Å². The van der Waals surface area contributed by atoms with Gasteiger partial charge in [-0.25, -0.2) is 4.79 Å². The van der Waals surface area contributed by atoms with Gasteiger partial charge >= 0.3 is 6.03 Å². The zero-order valence-electron chi connectivity index (χ0n) is 13.9. The molecule has 1 aromatic heterocycles. The second-order valence-corrected chi connectivity index (χ2v) is 5.83. The molecule has 126 valence electrons. The smallest absolute Gasteiger partial charge is 0.323 e. The maximum atomic E-state index is 12.4. The van der Waals surface area contributed by atoms with Crippen molar-refractivity contribution in [3.8, 4) is 11.3 Å². The third-order valence-electron chi connectivity index (χ3n) is 4.20. The zero-order chi connectivity index (χ0) is 17.1. The largest absolute Gasteiger partial charge is 0.339 e. The SMILES string of the molecule is CC(=O)N1CCN(C(=O)Nc2cc(-c3ccccc3)n(C)n2)CC1. The first kappa shape index (κ1) is 16.0. The average Bonchev–Trinajstić information content (AvgIpc) is 2.96. The Balaban J connectivity index is 1.65. The van der Waals surface area contributed by atoms with Crippen LogP contribution in [0.15, 0.2) is 36.4 Å². The number of carbonyl (C=O) groups excluding carboxylic acids is 2. The number of anilines is 1. The summed E-state index contributed by atoms with van der Waals surface area (Å²) in [5.41, 5.74) is 1.98. The van der Waals surface area contributed by atoms with Crippen molar-refractivity contribution < 1.29 is 9.59 Å². The highest BCUT2D eigenvalue weighted by molar-refractivity contribution is 5.89. The van der Waals surface area contributed by atoms with Crippen molar-refractivity contribution in [3.05, 3.63) is 36.4 Å². The molecule has 1 N–H and O–H groups in total. The fraction of sp³-hybridized carbons (Fsp3) is 0.353. The van der Waals surface area contributed by atoms with E-state index >= 15 is 0 Å². The fourth-order valence-electron chi connectivity index (χ4n) is 2.82. The number of hydrogen-bond donors (Lipinski definition) is 1. The molecule has 0 unspecified atom stereocenters. The summed E-state index contributed by atoms with van der Waals surface area (Å²) in [6, 6.07) is 11.6. The van der Waals surface area contributed by atoms with Crippen LogP contribution in [-0.4, -0.2) is 57.7 Å². The van der Waals surface area contributed by atoms with E-state index in [0.29, 0.717) is 32.0 Å². The summed E-state index contributed by atoms with van der Waals surface area (Å²) < 4.78 is 1.75. The molecular weight excluding hydrogens is 306 g/mol. The first-order chi connectivity index (χ1) is 11.5. The summed E-state index contributed by atoms with van der Waals surface area (Å²) >= 11 is 0. The Kier molecular flexibility index (Phi) is 4.50. The minimum absolute atomic E-state index is 0.0484. The Hall–Kier alpha value is -2.83. The number of nitrogens with zero attached hydrogens (tertiary/aromatic N) is 4. The molecule has 3 amide bonds. The van der Waals surface area contributed by atoms with Gasteiger partial charge in [-0.05, 0) is 5.56 Å². The summed E-state index contributed by atoms with van der Waals surface area (Å²) in [5, 5.41) is 7.20. The van der Waals surface area contributed by atoms with Gasteiger partial charge < -0.3 is 9.80 Å². The van der Waals surface area contributed by atoms with Crippen LogP contribution in [0.25, 0.3) is 11.3 Å². The Labute approximate surface area is 140 Å². The maximum Gasteiger partial charge on any atom is 0.323 e. The quantitative estimate of drug-likeness (QED) is 0.914. The van der Waals surface area contributed by atoms with Gasteiger partial charge in [0, 0.05) is 46.2 Å². The van der Waals surface area contributed by atoms with E-state index in [1.54, 1.807) is 21.4 Å². The summed E-state index contributed by atoms with van der Waals surface area (Å²) in [4.78, 5) is 27.2. The van der Waals surface area contributed by atoms with E-state index in [2.05, 4.69) is 10.4 Å². The van der Waals surface area contributed by atoms with Gasteiger partial charge in [0.25, 0.3) is 0 Å². The van der Waals surface area contributed by atoms with Gasteiger partial charge in [0.05, 0.1) is 5.69 Å². The van der Waals surface area contributed by atoms with Crippen molar-refractivity contribution in [2.45, 2.75) is 6.92 Å². The molecule has 7 nitrogen and oxygen atoms in total. The van der Waals surface area contributed by atoms with Crippen LogP contribution in [0.5, 0.6) is 0 Å². The van der Waals surface area contributed by atoms with Crippen LogP contribution in [0.1, 0.15) is 6.92 Å². The molecule has 0 saturated carbocycles. The molecular formula is C17H21N5O2. The summed E-state index contributed by atoms with van der Waals surface area (Å²) in [5.74, 6) is 0.572. The number of carbonyl (C=O) groups is 2. The van der Waals surface area contributed by atoms with Crippen molar-refractivity contribution in [3.63, 3.8) is 0 Å². The van der Waals surface area contributed by atoms with Crippen molar-refractivity contribution in [2.75, 3.05) is 31.5 Å². The number of nitrogens with one attached hydrogen (secondary N) is 1. The van der Waals surface area contributed by atoms with Crippen LogP contribution in [0, 0.1) is 0 Å². The molecule has 7 heteroatoms. The third-order valence-corrected chi connectivity index (χ3v) is 4.20. The second kappa shape index (κ2) is 6.74. The predicted molar refractivity (Wildman–Crippen MR) is 91.5 cm³/mol. The molecule has 1 saturated heterocycles. The Morgan fingerprint density at radius 1 is 1.04 bits per heavy atom. The number of piperazine rings is 1. The fourth-order valence-corrected chi connectivity index (χ4v) is 2.82. The Morgan fingerprint density at radius 3 is 2.29 bits per heavy atom. The van der Waals surface area contributed by atoms with Crippen molar-refractivity contribution in [1.29, 1.82) is 0 Å². The summed E-state index contributed by atoms with van der Waals surface area (Å²) in [6.07, 6.45) is 0. The lowest BCUT2D eigenvalue weighted by atomic mass is 10.1. The molecule has 2 heterocycles. The molecule has 0 bridgehead atoms. The molecule has 0 spiro atoms. The lowest BCUT2D eigenvalue weighted by Crippen LogP contribution is -2.51. The van der Waals surface area contributed by atoms with Gasteiger partial charge in [0.2, 0.25) is 5.91 Å². The van der Waals surface area contributed by atoms with E-state index in [0.717, 1.165) is 11.3 Å². The van der Waals surface area contributed by atoms with E-state index in [4.69, 9.17) is 0 Å². The Morgan fingerprint density at radius 2 is 1.67 bits per heavy atom. The first-order valence-corrected chi connectivity index (χ1v) is 7.95. The maximum absolute atomic E-state index is 12.4. The molecule has 0 aliphatic carbocycles. The van der Waals surface area contributed by atoms with Crippen LogP contribution in [0.3, 0.4) is 0 Å². The predicted octanol–water partition coefficient (Wildman–Crippen LogP) is 1.78. The van der Waals surface area contributed by atoms with Gasteiger partial charge in [0.15, 0.2) is 5.82 Å². The van der Waals surface area contributed by atoms with Gasteiger partial charge in [-0.1, -0.05) is 30.3 Å². The molecule has 1 aliphatic rings. The molecule has 1 fully saturated rings. The Bertz CT molecular complexity index is 733. The standard InChI is InChI=1S/C17H21N5O2/c1-13(23)21-8-10-22(11-9-21)17(24)18-16-12-15(20(2)19-16)14-6-4-3-5-7-14/h3-7,12H,8-11H2,1-2H3,(H,18,19,24). The van der Waals surface area contributed by atoms with Gasteiger partial charge in [0.1, 0.15) is 0 Å². The highest BCUT2D eigenvalue weighted by Gasteiger charge is 2.23. The van der Waals surface area contributed by atoms with Crippen molar-refractivity contribution in [1.82, 2.24) is 19.6 Å². The van der Waals surface area contributed by atoms with Gasteiger partial charge in [-0.15, -0.1) is 0 Å². The molecule has 0 atom stereocenters. The van der Waals surface area contributed by atoms with E-state index < -0.39 is 0 Å². The van der Waals surface area contributed by atoms with E-state index in [1.165, 1.54) is 0 Å². The normalized spacial score (nSPS) is 14.6. The van der Waals surface area contributed by atoms with Crippen LogP contribution in [0.4, 0.5) is 10.6 Å². The van der Waals surface area contributed by atoms with Gasteiger partial charge in [-0.2, -0.15) is 5.10 Å². The third kappa shape index (κ3) is 3.40. The summed E-state index contributed by atoms with van der Waals surface area (Å²) in [6.45, 7) is 3.75. The number of aromatic nitrogens is 2. The number of benzene rings is 1. The number of hydrogen-bond acceptors (Lipinski definition) is 3. The van der Waals surface area contributed by atoms with Crippen molar-refractivity contribution >= 4 is 17.8 Å². The number of urea groups is 1. The minimum Gasteiger partial charge on any atom is -0.339 e. The highest BCUT2D eigenvalue weighted by Crippen LogP contribution is 2.21. The van der Waals surface area contributed by atoms with Crippen molar-refractivity contribution in [2.24, 2.45) is 7.05 Å². The first-order valence-electron chi connectivity index (χ1n) is 7.95. The molecule has 1 aromatic carbocycles. The molecule has 24 heavy (non-hydrogen) atoms. The monoisotopic (exact) mass is 327 g/mol. The number of aryl methyl sites for hydroxylation is 1. The molecule has 1 aliphatic heterocycles. The molecule has 3 rings (SSSR count). The van der Waals surface area contributed by atoms with E-state index in [-0.39, 0.29) is 11.9 Å². The highest BCUT2D eigenvalue weighted by atomic mass is 16.2. The lowest BCUT2D eigenvalue weighted by molar-refractivity contribution is -0.130. The van der Waals surface area contributed by atoms with E-state index in [9.17, 15) is 9.59 Å². The zero-order valence-corrected chi connectivity index (χ0v) is 13.9. The van der Waals surface area contributed by atoms with Crippen LogP contribution < -0.4 is 5.32 Å².